The molecule has 2 aromatic rings. The lowest BCUT2D eigenvalue weighted by Gasteiger charge is -2.31. The SMILES string of the molecule is Cc1ccc(CN2CCC[C@H](c3ccn(CC(=O)O)n3)C2)s1. The zero-order valence-corrected chi connectivity index (χ0v) is 13.6. The maximum atomic E-state index is 10.7. The van der Waals surface area contributed by atoms with Crippen LogP contribution in [0.15, 0.2) is 24.4 Å². The van der Waals surface area contributed by atoms with Crippen LogP contribution < -0.4 is 0 Å². The third-order valence-corrected chi connectivity index (χ3v) is 5.04. The summed E-state index contributed by atoms with van der Waals surface area (Å²) in [6.45, 7) is 5.21. The topological polar surface area (TPSA) is 58.4 Å². The maximum absolute atomic E-state index is 10.7. The van der Waals surface area contributed by atoms with Crippen LogP contribution in [0.4, 0.5) is 0 Å². The van der Waals surface area contributed by atoms with Crippen LogP contribution in [0.1, 0.15) is 34.2 Å². The Morgan fingerprint density at radius 1 is 1.45 bits per heavy atom. The molecule has 2 aromatic heterocycles. The Morgan fingerprint density at radius 2 is 2.32 bits per heavy atom. The van der Waals surface area contributed by atoms with Crippen LogP contribution in [0.25, 0.3) is 0 Å². The van der Waals surface area contributed by atoms with E-state index in [0.717, 1.165) is 31.7 Å². The largest absolute Gasteiger partial charge is 0.480 e. The predicted molar refractivity (Wildman–Crippen MR) is 86.2 cm³/mol. The molecule has 1 atom stereocenters. The van der Waals surface area contributed by atoms with E-state index in [-0.39, 0.29) is 6.54 Å². The van der Waals surface area contributed by atoms with Crippen LogP contribution in [0.3, 0.4) is 0 Å². The second-order valence-electron chi connectivity index (χ2n) is 5.92. The van der Waals surface area contributed by atoms with E-state index in [1.807, 2.05) is 17.4 Å². The standard InChI is InChI=1S/C16H21N3O2S/c1-12-4-5-14(22-12)10-18-7-2-3-13(9-18)15-6-8-19(17-15)11-16(20)21/h4-6,8,13H,2-3,7,9-11H2,1H3,(H,20,21)/t13-/m0/s1. The van der Waals surface area contributed by atoms with Crippen molar-refractivity contribution in [3.63, 3.8) is 0 Å². The van der Waals surface area contributed by atoms with Gasteiger partial charge in [0.2, 0.25) is 0 Å². The van der Waals surface area contributed by atoms with Crippen molar-refractivity contribution in [2.45, 2.75) is 38.8 Å². The van der Waals surface area contributed by atoms with Gasteiger partial charge in [0, 0.05) is 35.0 Å². The van der Waals surface area contributed by atoms with Crippen molar-refractivity contribution < 1.29 is 9.90 Å². The number of aryl methyl sites for hydroxylation is 1. The van der Waals surface area contributed by atoms with Crippen molar-refractivity contribution in [2.24, 2.45) is 0 Å². The van der Waals surface area contributed by atoms with Crippen molar-refractivity contribution in [3.8, 4) is 0 Å². The van der Waals surface area contributed by atoms with Gasteiger partial charge in [0.25, 0.3) is 0 Å². The fourth-order valence-electron chi connectivity index (χ4n) is 3.05. The Labute approximate surface area is 134 Å². The van der Waals surface area contributed by atoms with Gasteiger partial charge in [-0.1, -0.05) is 0 Å². The molecule has 0 bridgehead atoms. The number of aromatic nitrogens is 2. The van der Waals surface area contributed by atoms with Gasteiger partial charge < -0.3 is 5.11 Å². The molecule has 0 aromatic carbocycles. The lowest BCUT2D eigenvalue weighted by molar-refractivity contribution is -0.137. The number of hydrogen-bond acceptors (Lipinski definition) is 4. The molecule has 6 heteroatoms. The molecule has 1 aliphatic rings. The minimum atomic E-state index is -0.854. The number of thiophene rings is 1. The van der Waals surface area contributed by atoms with Crippen LogP contribution in [0.2, 0.25) is 0 Å². The van der Waals surface area contributed by atoms with Crippen LogP contribution in [-0.4, -0.2) is 38.8 Å². The minimum absolute atomic E-state index is 0.0646. The van der Waals surface area contributed by atoms with Gasteiger partial charge in [0.05, 0.1) is 5.69 Å². The van der Waals surface area contributed by atoms with E-state index in [9.17, 15) is 4.79 Å². The molecule has 22 heavy (non-hydrogen) atoms. The van der Waals surface area contributed by atoms with Crippen LogP contribution >= 0.6 is 11.3 Å². The summed E-state index contributed by atoms with van der Waals surface area (Å²) in [7, 11) is 0. The summed E-state index contributed by atoms with van der Waals surface area (Å²) in [5.41, 5.74) is 1.02. The molecule has 1 fully saturated rings. The van der Waals surface area contributed by atoms with E-state index < -0.39 is 5.97 Å². The average molecular weight is 319 g/mol. The number of carboxylic acid groups (broad SMARTS) is 1. The lowest BCUT2D eigenvalue weighted by atomic mass is 9.95. The molecule has 3 heterocycles. The van der Waals surface area contributed by atoms with Crippen molar-refractivity contribution in [1.29, 1.82) is 0 Å². The van der Waals surface area contributed by atoms with Crippen LogP contribution in [0.5, 0.6) is 0 Å². The molecule has 0 aliphatic carbocycles. The van der Waals surface area contributed by atoms with E-state index in [1.165, 1.54) is 20.9 Å². The number of rotatable bonds is 5. The summed E-state index contributed by atoms with van der Waals surface area (Å²) in [4.78, 5) is 16.0. The molecular formula is C16H21N3O2S. The highest BCUT2D eigenvalue weighted by atomic mass is 32.1. The van der Waals surface area contributed by atoms with Crippen LogP contribution in [-0.2, 0) is 17.9 Å². The van der Waals surface area contributed by atoms with Crippen LogP contribution in [0, 0.1) is 6.92 Å². The molecule has 1 saturated heterocycles. The van der Waals surface area contributed by atoms with Gasteiger partial charge >= 0.3 is 5.97 Å². The molecule has 3 rings (SSSR count). The Kier molecular flexibility index (Phi) is 4.59. The van der Waals surface area contributed by atoms with Gasteiger partial charge in [-0.15, -0.1) is 11.3 Å². The van der Waals surface area contributed by atoms with Gasteiger partial charge in [-0.05, 0) is 44.5 Å². The normalized spacial score (nSPS) is 19.4. The lowest BCUT2D eigenvalue weighted by Crippen LogP contribution is -2.33. The number of likely N-dealkylation sites (tertiary alicyclic amines) is 1. The summed E-state index contributed by atoms with van der Waals surface area (Å²) < 4.78 is 1.51. The van der Waals surface area contributed by atoms with Gasteiger partial charge in [0.1, 0.15) is 6.54 Å². The molecule has 0 saturated carbocycles. The van der Waals surface area contributed by atoms with Gasteiger partial charge in [-0.3, -0.25) is 14.4 Å². The highest BCUT2D eigenvalue weighted by Crippen LogP contribution is 2.27. The Morgan fingerprint density at radius 3 is 3.05 bits per heavy atom. The Hall–Kier alpha value is -1.66. The van der Waals surface area contributed by atoms with Gasteiger partial charge in [-0.25, -0.2) is 0 Å². The number of hydrogen-bond donors (Lipinski definition) is 1. The molecule has 0 radical (unpaired) electrons. The summed E-state index contributed by atoms with van der Waals surface area (Å²) in [5, 5.41) is 13.3. The maximum Gasteiger partial charge on any atom is 0.325 e. The number of aliphatic carboxylic acids is 1. The Balaban J connectivity index is 1.62. The zero-order chi connectivity index (χ0) is 15.5. The quantitative estimate of drug-likeness (QED) is 0.920. The summed E-state index contributed by atoms with van der Waals surface area (Å²) >= 11 is 1.86. The first-order valence-corrected chi connectivity index (χ1v) is 8.44. The zero-order valence-electron chi connectivity index (χ0n) is 12.7. The number of carboxylic acids is 1. The van der Waals surface area contributed by atoms with Crippen molar-refractivity contribution >= 4 is 17.3 Å². The number of carbonyl (C=O) groups is 1. The molecular weight excluding hydrogens is 298 g/mol. The smallest absolute Gasteiger partial charge is 0.325 e. The summed E-state index contributed by atoms with van der Waals surface area (Å²) in [5.74, 6) is -0.446. The fourth-order valence-corrected chi connectivity index (χ4v) is 3.99. The van der Waals surface area contributed by atoms with Crippen molar-refractivity contribution in [2.75, 3.05) is 13.1 Å². The van der Waals surface area contributed by atoms with E-state index in [2.05, 4.69) is 29.1 Å². The first-order chi connectivity index (χ1) is 10.6. The molecule has 0 amide bonds. The molecule has 1 aliphatic heterocycles. The molecule has 118 valence electrons. The molecule has 0 spiro atoms. The van der Waals surface area contributed by atoms with E-state index in [1.54, 1.807) is 6.20 Å². The fraction of sp³-hybridized carbons (Fsp3) is 0.500. The molecule has 1 N–H and O–H groups in total. The third kappa shape index (κ3) is 3.75. The van der Waals surface area contributed by atoms with Gasteiger partial charge in [-0.2, -0.15) is 5.10 Å². The van der Waals surface area contributed by atoms with E-state index in [4.69, 9.17) is 5.11 Å². The molecule has 5 nitrogen and oxygen atoms in total. The van der Waals surface area contributed by atoms with E-state index >= 15 is 0 Å². The average Bonchev–Trinajstić information content (AvgIpc) is 3.08. The predicted octanol–water partition coefficient (Wildman–Crippen LogP) is 2.72. The third-order valence-electron chi connectivity index (χ3n) is 4.06. The highest BCUT2D eigenvalue weighted by Gasteiger charge is 2.23. The summed E-state index contributed by atoms with van der Waals surface area (Å²) in [6, 6.07) is 6.35. The number of piperidine rings is 1. The minimum Gasteiger partial charge on any atom is -0.480 e. The monoisotopic (exact) mass is 319 g/mol. The second-order valence-corrected chi connectivity index (χ2v) is 7.29. The van der Waals surface area contributed by atoms with Crippen molar-refractivity contribution in [3.05, 3.63) is 39.8 Å². The van der Waals surface area contributed by atoms with E-state index in [0.29, 0.717) is 5.92 Å². The highest BCUT2D eigenvalue weighted by molar-refractivity contribution is 7.11. The second kappa shape index (κ2) is 6.62. The van der Waals surface area contributed by atoms with Gasteiger partial charge in [0.15, 0.2) is 0 Å². The Bertz CT molecular complexity index is 649. The first kappa shape index (κ1) is 15.2. The van der Waals surface area contributed by atoms with Crippen molar-refractivity contribution in [1.82, 2.24) is 14.7 Å². The first-order valence-electron chi connectivity index (χ1n) is 7.63. The molecule has 0 unspecified atom stereocenters. The summed E-state index contributed by atoms with van der Waals surface area (Å²) in [6.07, 6.45) is 4.07. The number of nitrogens with zero attached hydrogens (tertiary/aromatic N) is 3.